The van der Waals surface area contributed by atoms with E-state index in [0.717, 1.165) is 30.3 Å². The number of ether oxygens (including phenoxy) is 1. The number of carbonyl (C=O) groups excluding carboxylic acids is 2. The monoisotopic (exact) mass is 556 g/mol. The van der Waals surface area contributed by atoms with Crippen LogP contribution in [-0.2, 0) is 19.3 Å². The molecule has 0 amide bonds. The van der Waals surface area contributed by atoms with Crippen molar-refractivity contribution in [1.82, 2.24) is 0 Å². The van der Waals surface area contributed by atoms with Crippen molar-refractivity contribution in [2.24, 2.45) is 0 Å². The summed E-state index contributed by atoms with van der Waals surface area (Å²) in [5.41, 5.74) is 7.59. The Balaban J connectivity index is 1.03. The Morgan fingerprint density at radius 1 is 0.476 bits per heavy atom. The lowest BCUT2D eigenvalue weighted by atomic mass is 9.94. The molecule has 0 saturated heterocycles. The number of ketones is 1. The third kappa shape index (κ3) is 10.5. The van der Waals surface area contributed by atoms with Gasteiger partial charge >= 0.3 is 5.97 Å². The molecule has 0 bridgehead atoms. The van der Waals surface area contributed by atoms with Crippen molar-refractivity contribution in [3.8, 4) is 5.75 Å². The average molecular weight is 556 g/mol. The third-order valence-electron chi connectivity index (χ3n) is 7.89. The number of rotatable bonds is 16. The summed E-state index contributed by atoms with van der Waals surface area (Å²) in [6.45, 7) is 0. The van der Waals surface area contributed by atoms with Crippen molar-refractivity contribution in [2.45, 2.75) is 70.6 Å². The molecule has 0 aliphatic carbocycles. The van der Waals surface area contributed by atoms with Crippen LogP contribution in [0.5, 0.6) is 5.75 Å². The second-order valence-electron chi connectivity index (χ2n) is 11.5. The zero-order valence-corrected chi connectivity index (χ0v) is 25.2. The molecule has 0 unspecified atom stereocenters. The van der Waals surface area contributed by atoms with Gasteiger partial charge in [0, 0.05) is 12.0 Å². The van der Waals surface area contributed by atoms with Crippen molar-refractivity contribution in [3.63, 3.8) is 0 Å². The van der Waals surface area contributed by atoms with Gasteiger partial charge in [0.15, 0.2) is 5.78 Å². The Bertz CT molecular complexity index is 1390. The van der Waals surface area contributed by atoms with Crippen LogP contribution in [0, 0.1) is 0 Å². The predicted octanol–water partition coefficient (Wildman–Crippen LogP) is 5.75. The van der Waals surface area contributed by atoms with Gasteiger partial charge in [0.25, 0.3) is 0 Å². The molecule has 0 aliphatic heterocycles. The molecule has 0 atom stereocenters. The second kappa shape index (κ2) is 16.6. The maximum absolute atomic E-state index is 12.6. The van der Waals surface area contributed by atoms with E-state index in [1.54, 1.807) is 0 Å². The number of unbranched alkanes of at least 4 members (excludes halogenated alkanes) is 6. The van der Waals surface area contributed by atoms with E-state index < -0.39 is 0 Å². The van der Waals surface area contributed by atoms with Crippen LogP contribution in [0.2, 0.25) is 0 Å². The summed E-state index contributed by atoms with van der Waals surface area (Å²) in [6, 6.07) is 32.0. The Kier molecular flexibility index (Phi) is 12.3. The molecular weight excluding hydrogens is 514 g/mol. The number of esters is 1. The molecule has 42 heavy (non-hydrogen) atoms. The van der Waals surface area contributed by atoms with Gasteiger partial charge in [0.2, 0.25) is 0 Å². The molecule has 5 heteroatoms. The van der Waals surface area contributed by atoms with Gasteiger partial charge in [-0.3, -0.25) is 4.79 Å². The standard InChI is InChI=1S/C37H42B2O3/c38-33-21-14-30(15-22-33)16-27-36(40)31-17-10-28(11-18-31)8-6-4-2-1-3-5-7-9-29-12-19-32(20-13-29)37(41)42-35-25-23-34(39)24-26-35/h10-15,17-26H,1-9,16,27,38-39H2. The number of hydrogen-bond acceptors (Lipinski definition) is 3. The number of hydrogen-bond donors (Lipinski definition) is 0. The van der Waals surface area contributed by atoms with E-state index in [4.69, 9.17) is 4.74 Å². The zero-order valence-electron chi connectivity index (χ0n) is 25.2. The maximum atomic E-state index is 12.6. The third-order valence-corrected chi connectivity index (χ3v) is 7.89. The van der Waals surface area contributed by atoms with Crippen molar-refractivity contribution in [2.75, 3.05) is 0 Å². The molecule has 0 saturated carbocycles. The minimum Gasteiger partial charge on any atom is -0.423 e. The fourth-order valence-corrected chi connectivity index (χ4v) is 5.14. The summed E-state index contributed by atoms with van der Waals surface area (Å²) in [6.07, 6.45) is 12.1. The van der Waals surface area contributed by atoms with E-state index in [1.165, 1.54) is 67.1 Å². The largest absolute Gasteiger partial charge is 0.423 e. The quantitative estimate of drug-likeness (QED) is 0.0581. The first kappa shape index (κ1) is 31.1. The summed E-state index contributed by atoms with van der Waals surface area (Å²) in [4.78, 5) is 24.9. The van der Waals surface area contributed by atoms with Crippen LogP contribution in [0.4, 0.5) is 0 Å². The van der Waals surface area contributed by atoms with E-state index in [1.807, 2.05) is 68.5 Å². The van der Waals surface area contributed by atoms with Crippen LogP contribution in [0.1, 0.15) is 88.8 Å². The van der Waals surface area contributed by atoms with Gasteiger partial charge in [-0.25, -0.2) is 4.79 Å². The van der Waals surface area contributed by atoms with E-state index in [0.29, 0.717) is 17.7 Å². The highest BCUT2D eigenvalue weighted by molar-refractivity contribution is 6.32. The smallest absolute Gasteiger partial charge is 0.343 e. The number of benzene rings is 4. The topological polar surface area (TPSA) is 43.4 Å². The van der Waals surface area contributed by atoms with Crippen LogP contribution in [-0.4, -0.2) is 27.4 Å². The lowest BCUT2D eigenvalue weighted by Gasteiger charge is -2.07. The molecule has 0 radical (unpaired) electrons. The Morgan fingerprint density at radius 2 is 0.881 bits per heavy atom. The first-order valence-corrected chi connectivity index (χ1v) is 15.5. The number of Topliss-reactive ketones (excluding diaryl/α,β-unsaturated/α-hetero) is 1. The lowest BCUT2D eigenvalue weighted by molar-refractivity contribution is 0.0734. The van der Waals surface area contributed by atoms with Gasteiger partial charge in [-0.15, -0.1) is 0 Å². The van der Waals surface area contributed by atoms with Crippen LogP contribution in [0.15, 0.2) is 97.1 Å². The van der Waals surface area contributed by atoms with Gasteiger partial charge in [-0.2, -0.15) is 0 Å². The summed E-state index contributed by atoms with van der Waals surface area (Å²) in [5, 5.41) is 0. The molecule has 0 heterocycles. The molecule has 4 rings (SSSR count). The number of carbonyl (C=O) groups is 2. The molecule has 3 nitrogen and oxygen atoms in total. The fourth-order valence-electron chi connectivity index (χ4n) is 5.14. The van der Waals surface area contributed by atoms with Crippen molar-refractivity contribution in [1.29, 1.82) is 0 Å². The molecule has 0 spiro atoms. The minimum atomic E-state index is -0.318. The lowest BCUT2D eigenvalue weighted by Crippen LogP contribution is -2.09. The molecular formula is C37H42B2O3. The first-order chi connectivity index (χ1) is 20.5. The second-order valence-corrected chi connectivity index (χ2v) is 11.5. The maximum Gasteiger partial charge on any atom is 0.343 e. The Morgan fingerprint density at radius 3 is 1.40 bits per heavy atom. The highest BCUT2D eigenvalue weighted by Crippen LogP contribution is 2.16. The van der Waals surface area contributed by atoms with Crippen molar-refractivity contribution >= 4 is 38.4 Å². The molecule has 0 aromatic heterocycles. The highest BCUT2D eigenvalue weighted by Gasteiger charge is 2.09. The normalized spacial score (nSPS) is 10.9. The Hall–Kier alpha value is -3.85. The molecule has 214 valence electrons. The highest BCUT2D eigenvalue weighted by atomic mass is 16.5. The van der Waals surface area contributed by atoms with E-state index in [-0.39, 0.29) is 11.8 Å². The molecule has 4 aromatic rings. The molecule has 4 aromatic carbocycles. The summed E-state index contributed by atoms with van der Waals surface area (Å²) in [7, 11) is 4.09. The fraction of sp³-hybridized carbons (Fsp3) is 0.297. The zero-order chi connectivity index (χ0) is 29.6. The predicted molar refractivity (Wildman–Crippen MR) is 179 cm³/mol. The van der Waals surface area contributed by atoms with E-state index in [9.17, 15) is 9.59 Å². The summed E-state index contributed by atoms with van der Waals surface area (Å²) in [5.74, 6) is 0.474. The molecule has 0 fully saturated rings. The van der Waals surface area contributed by atoms with Crippen molar-refractivity contribution < 1.29 is 14.3 Å². The first-order valence-electron chi connectivity index (χ1n) is 15.5. The average Bonchev–Trinajstić information content (AvgIpc) is 3.01. The Labute approximate surface area is 253 Å². The summed E-state index contributed by atoms with van der Waals surface area (Å²) >= 11 is 0. The van der Waals surface area contributed by atoms with Gasteiger partial charge in [0.05, 0.1) is 5.56 Å². The number of aryl methyl sites for hydroxylation is 3. The molecule has 0 aliphatic rings. The summed E-state index contributed by atoms with van der Waals surface area (Å²) < 4.78 is 5.46. The van der Waals surface area contributed by atoms with Gasteiger partial charge in [-0.1, -0.05) is 116 Å². The van der Waals surface area contributed by atoms with E-state index in [2.05, 4.69) is 44.2 Å². The van der Waals surface area contributed by atoms with E-state index >= 15 is 0 Å². The van der Waals surface area contributed by atoms with Gasteiger partial charge in [0.1, 0.15) is 21.4 Å². The van der Waals surface area contributed by atoms with Crippen molar-refractivity contribution in [3.05, 3.63) is 125 Å². The van der Waals surface area contributed by atoms with Crippen LogP contribution < -0.4 is 15.7 Å². The van der Waals surface area contributed by atoms with Crippen LogP contribution in [0.25, 0.3) is 0 Å². The SMILES string of the molecule is Bc1ccc(CCC(=O)c2ccc(CCCCCCCCCc3ccc(C(=O)Oc4ccc(B)cc4)cc3)cc2)cc1. The van der Waals surface area contributed by atoms with Crippen LogP contribution in [0.3, 0.4) is 0 Å². The molecule has 0 N–H and O–H groups in total. The minimum absolute atomic E-state index is 0.220. The van der Waals surface area contributed by atoms with Crippen LogP contribution >= 0.6 is 0 Å². The van der Waals surface area contributed by atoms with Gasteiger partial charge in [-0.05, 0) is 73.1 Å². The van der Waals surface area contributed by atoms with Gasteiger partial charge < -0.3 is 4.74 Å².